The van der Waals surface area contributed by atoms with Gasteiger partial charge in [-0.25, -0.2) is 19.6 Å². The van der Waals surface area contributed by atoms with Crippen LogP contribution in [0.3, 0.4) is 0 Å². The molecule has 0 saturated heterocycles. The van der Waals surface area contributed by atoms with Crippen LogP contribution in [0.1, 0.15) is 99.8 Å². The first-order chi connectivity index (χ1) is 20.5. The standard InChI is InChI=1S/C32H39N7O4/c1-7-42-30(40)29-34-25(32(4,5)6)17-26(35-29)36-31(41)33-23-13-14-24(22-11-9-8-10-21(22)23)43-20-12-15-27-37-38-28(16-19(2)3)39(27)18-20/h8-12,15,17-19,23-24H,7,13-14,16H2,1-6H3,(H2,33,34,35,36,41)/t23-,24+/m0/s1. The molecule has 43 heavy (non-hydrogen) atoms. The van der Waals surface area contributed by atoms with Crippen molar-refractivity contribution in [3.63, 3.8) is 0 Å². The van der Waals surface area contributed by atoms with Gasteiger partial charge in [0.05, 0.1) is 24.5 Å². The molecule has 5 rings (SSSR count). The normalized spacial score (nSPS) is 16.5. The minimum absolute atomic E-state index is 0.0893. The minimum atomic E-state index is -0.635. The molecular weight excluding hydrogens is 546 g/mol. The zero-order chi connectivity index (χ0) is 30.7. The number of anilines is 1. The Morgan fingerprint density at radius 3 is 2.53 bits per heavy atom. The zero-order valence-electron chi connectivity index (χ0n) is 25.5. The van der Waals surface area contributed by atoms with Gasteiger partial charge in [0.25, 0.3) is 0 Å². The molecule has 11 heteroatoms. The van der Waals surface area contributed by atoms with E-state index in [1.54, 1.807) is 13.0 Å². The molecule has 0 radical (unpaired) electrons. The molecule has 0 unspecified atom stereocenters. The molecule has 1 aromatic carbocycles. The van der Waals surface area contributed by atoms with Gasteiger partial charge >= 0.3 is 12.0 Å². The Morgan fingerprint density at radius 2 is 1.81 bits per heavy atom. The van der Waals surface area contributed by atoms with Crippen LogP contribution in [0.5, 0.6) is 5.75 Å². The van der Waals surface area contributed by atoms with E-state index in [9.17, 15) is 9.59 Å². The van der Waals surface area contributed by atoms with Crippen molar-refractivity contribution in [3.05, 3.63) is 77.1 Å². The van der Waals surface area contributed by atoms with E-state index < -0.39 is 12.0 Å². The fraction of sp³-hybridized carbons (Fsp3) is 0.438. The molecule has 1 aliphatic rings. The van der Waals surface area contributed by atoms with Crippen molar-refractivity contribution in [1.82, 2.24) is 29.9 Å². The summed E-state index contributed by atoms with van der Waals surface area (Å²) in [5.41, 5.74) is 3.04. The fourth-order valence-electron chi connectivity index (χ4n) is 5.17. The molecule has 0 bridgehead atoms. The van der Waals surface area contributed by atoms with Crippen LogP contribution in [0.15, 0.2) is 48.7 Å². The number of hydrogen-bond donors (Lipinski definition) is 2. The number of nitrogens with zero attached hydrogens (tertiary/aromatic N) is 5. The summed E-state index contributed by atoms with van der Waals surface area (Å²) in [7, 11) is 0. The van der Waals surface area contributed by atoms with Crippen molar-refractivity contribution in [2.24, 2.45) is 5.92 Å². The average molecular weight is 586 g/mol. The zero-order valence-corrected chi connectivity index (χ0v) is 25.5. The number of esters is 1. The van der Waals surface area contributed by atoms with E-state index in [2.05, 4.69) is 44.6 Å². The van der Waals surface area contributed by atoms with Crippen LogP contribution in [0.2, 0.25) is 0 Å². The predicted molar refractivity (Wildman–Crippen MR) is 162 cm³/mol. The maximum atomic E-state index is 13.2. The highest BCUT2D eigenvalue weighted by molar-refractivity contribution is 5.90. The van der Waals surface area contributed by atoms with Crippen LogP contribution in [0, 0.1) is 5.92 Å². The molecule has 0 fully saturated rings. The number of fused-ring (bicyclic) bond motifs is 2. The molecule has 2 atom stereocenters. The van der Waals surface area contributed by atoms with Gasteiger partial charge in [0.15, 0.2) is 5.65 Å². The molecule has 0 aliphatic heterocycles. The molecular formula is C32H39N7O4. The van der Waals surface area contributed by atoms with Crippen molar-refractivity contribution in [2.75, 3.05) is 11.9 Å². The lowest BCUT2D eigenvalue weighted by molar-refractivity contribution is 0.0511. The fourth-order valence-corrected chi connectivity index (χ4v) is 5.17. The Morgan fingerprint density at radius 1 is 1.05 bits per heavy atom. The third kappa shape index (κ3) is 6.93. The maximum Gasteiger partial charge on any atom is 0.376 e. The molecule has 2 amide bonds. The molecule has 3 heterocycles. The highest BCUT2D eigenvalue weighted by atomic mass is 16.5. The predicted octanol–water partition coefficient (Wildman–Crippen LogP) is 5.97. The number of urea groups is 1. The summed E-state index contributed by atoms with van der Waals surface area (Å²) < 4.78 is 13.6. The first kappa shape index (κ1) is 29.9. The maximum absolute atomic E-state index is 13.2. The van der Waals surface area contributed by atoms with Crippen LogP contribution in [-0.2, 0) is 16.6 Å². The highest BCUT2D eigenvalue weighted by Gasteiger charge is 2.30. The van der Waals surface area contributed by atoms with Gasteiger partial charge < -0.3 is 14.8 Å². The number of pyridine rings is 1. The number of carbonyl (C=O) groups excluding carboxylic acids is 2. The van der Waals surface area contributed by atoms with Gasteiger partial charge in [0, 0.05) is 17.9 Å². The Balaban J connectivity index is 1.32. The molecule has 2 N–H and O–H groups in total. The van der Waals surface area contributed by atoms with Gasteiger partial charge in [-0.15, -0.1) is 10.2 Å². The summed E-state index contributed by atoms with van der Waals surface area (Å²) in [5.74, 6) is 1.60. The number of aromatic nitrogens is 5. The van der Waals surface area contributed by atoms with Gasteiger partial charge in [-0.2, -0.15) is 0 Å². The Labute approximate surface area is 251 Å². The SMILES string of the molecule is CCOC(=O)c1nc(NC(=O)N[C@H]2CC[C@@H](Oc3ccc4nnc(CC(C)C)n4c3)c3ccccc32)cc(C(C)(C)C)n1. The van der Waals surface area contributed by atoms with Gasteiger partial charge in [0.1, 0.15) is 23.5 Å². The van der Waals surface area contributed by atoms with Crippen molar-refractivity contribution in [1.29, 1.82) is 0 Å². The van der Waals surface area contributed by atoms with Crippen LogP contribution >= 0.6 is 0 Å². The van der Waals surface area contributed by atoms with E-state index in [4.69, 9.17) is 9.47 Å². The van der Waals surface area contributed by atoms with E-state index >= 15 is 0 Å². The lowest BCUT2D eigenvalue weighted by atomic mass is 9.85. The van der Waals surface area contributed by atoms with Crippen LogP contribution in [-0.4, -0.2) is 43.2 Å². The van der Waals surface area contributed by atoms with Gasteiger partial charge in [-0.3, -0.25) is 9.72 Å². The van der Waals surface area contributed by atoms with Crippen molar-refractivity contribution >= 4 is 23.5 Å². The first-order valence-corrected chi connectivity index (χ1v) is 14.7. The Hall–Kier alpha value is -4.54. The van der Waals surface area contributed by atoms with Gasteiger partial charge in [-0.05, 0) is 48.9 Å². The van der Waals surface area contributed by atoms with Crippen molar-refractivity contribution in [3.8, 4) is 5.75 Å². The second-order valence-corrected chi connectivity index (χ2v) is 12.2. The summed E-state index contributed by atoms with van der Waals surface area (Å²) in [6.07, 6.45) is 3.97. The third-order valence-corrected chi connectivity index (χ3v) is 7.25. The topological polar surface area (TPSA) is 133 Å². The number of benzene rings is 1. The van der Waals surface area contributed by atoms with E-state index in [0.717, 1.165) is 34.8 Å². The monoisotopic (exact) mass is 585 g/mol. The number of carbonyl (C=O) groups is 2. The quantitative estimate of drug-likeness (QED) is 0.242. The van der Waals surface area contributed by atoms with Crippen molar-refractivity contribution in [2.45, 2.75) is 78.4 Å². The lowest BCUT2D eigenvalue weighted by Crippen LogP contribution is -2.36. The minimum Gasteiger partial charge on any atom is -0.484 e. The average Bonchev–Trinajstić information content (AvgIpc) is 3.35. The second kappa shape index (κ2) is 12.4. The van der Waals surface area contributed by atoms with Crippen molar-refractivity contribution < 1.29 is 19.1 Å². The second-order valence-electron chi connectivity index (χ2n) is 12.2. The third-order valence-electron chi connectivity index (χ3n) is 7.25. The number of rotatable bonds is 8. The van der Waals surface area contributed by atoms with E-state index in [1.807, 2.05) is 67.8 Å². The highest BCUT2D eigenvalue weighted by Crippen LogP contribution is 2.39. The number of nitrogens with one attached hydrogen (secondary N) is 2. The van der Waals surface area contributed by atoms with Crippen LogP contribution in [0.4, 0.5) is 10.6 Å². The van der Waals surface area contributed by atoms with Gasteiger partial charge in [0.2, 0.25) is 5.82 Å². The summed E-state index contributed by atoms with van der Waals surface area (Å²) in [5, 5.41) is 14.5. The molecule has 0 spiro atoms. The molecule has 3 aromatic heterocycles. The molecule has 1 aliphatic carbocycles. The Bertz CT molecular complexity index is 1630. The lowest BCUT2D eigenvalue weighted by Gasteiger charge is -2.32. The van der Waals surface area contributed by atoms with Crippen LogP contribution < -0.4 is 15.4 Å². The van der Waals surface area contributed by atoms with E-state index in [1.165, 1.54) is 0 Å². The summed E-state index contributed by atoms with van der Waals surface area (Å²) in [4.78, 5) is 34.2. The summed E-state index contributed by atoms with van der Waals surface area (Å²) in [6, 6.07) is 12.8. The van der Waals surface area contributed by atoms with E-state index in [0.29, 0.717) is 24.5 Å². The molecule has 4 aromatic rings. The van der Waals surface area contributed by atoms with Gasteiger partial charge in [-0.1, -0.05) is 58.9 Å². The summed E-state index contributed by atoms with van der Waals surface area (Å²) in [6.45, 7) is 12.1. The largest absolute Gasteiger partial charge is 0.484 e. The first-order valence-electron chi connectivity index (χ1n) is 14.7. The molecule has 0 saturated carbocycles. The number of amides is 2. The summed E-state index contributed by atoms with van der Waals surface area (Å²) >= 11 is 0. The Kier molecular flexibility index (Phi) is 8.61. The number of ether oxygens (including phenoxy) is 2. The van der Waals surface area contributed by atoms with Crippen LogP contribution in [0.25, 0.3) is 5.65 Å². The van der Waals surface area contributed by atoms with E-state index in [-0.39, 0.29) is 35.8 Å². The molecule has 11 nitrogen and oxygen atoms in total. The number of hydrogen-bond acceptors (Lipinski definition) is 8. The molecule has 226 valence electrons. The smallest absolute Gasteiger partial charge is 0.376 e.